The lowest BCUT2D eigenvalue weighted by Gasteiger charge is -2.12. The van der Waals surface area contributed by atoms with E-state index in [9.17, 15) is 15.0 Å². The number of hydrogen-bond acceptors (Lipinski definition) is 4. The van der Waals surface area contributed by atoms with Crippen molar-refractivity contribution in [3.63, 3.8) is 0 Å². The van der Waals surface area contributed by atoms with Gasteiger partial charge in [-0.25, -0.2) is 0 Å². The highest BCUT2D eigenvalue weighted by molar-refractivity contribution is 5.70. The molecule has 0 aliphatic carbocycles. The molecule has 0 radical (unpaired) electrons. The predicted octanol–water partition coefficient (Wildman–Crippen LogP) is 1.96. The molecule has 5 nitrogen and oxygen atoms in total. The van der Waals surface area contributed by atoms with Crippen LogP contribution in [0.1, 0.15) is 23.6 Å². The van der Waals surface area contributed by atoms with Crippen molar-refractivity contribution >= 4 is 23.8 Å². The molecule has 1 aromatic carbocycles. The van der Waals surface area contributed by atoms with Crippen LogP contribution >= 0.6 is 0 Å². The molecule has 0 bridgehead atoms. The number of rotatable bonds is 7. The third-order valence-electron chi connectivity index (χ3n) is 3.86. The van der Waals surface area contributed by atoms with E-state index in [0.717, 1.165) is 16.8 Å². The zero-order valence-electron chi connectivity index (χ0n) is 14.4. The Labute approximate surface area is 147 Å². The molecule has 1 heterocycles. The second-order valence-corrected chi connectivity index (χ2v) is 5.98. The number of aliphatic hydroxyl groups is 1. The van der Waals surface area contributed by atoms with Gasteiger partial charge in [-0.1, -0.05) is 30.9 Å². The van der Waals surface area contributed by atoms with Crippen LogP contribution in [0.3, 0.4) is 0 Å². The molecule has 130 valence electrons. The minimum Gasteiger partial charge on any atom is -0.550 e. The summed E-state index contributed by atoms with van der Waals surface area (Å²) in [4.78, 5) is 12.8. The second kappa shape index (κ2) is 8.15. The van der Waals surface area contributed by atoms with E-state index in [0.29, 0.717) is 0 Å². The summed E-state index contributed by atoms with van der Waals surface area (Å²) in [5, 5.41) is 20.4. The molecule has 5 heteroatoms. The van der Waals surface area contributed by atoms with Crippen LogP contribution in [0, 0.1) is 0 Å². The van der Waals surface area contributed by atoms with Gasteiger partial charge in [-0.3, -0.25) is 0 Å². The van der Waals surface area contributed by atoms with Crippen molar-refractivity contribution in [1.29, 1.82) is 0 Å². The number of allylic oxidation sites excluding steroid dienone is 1. The Morgan fingerprint density at radius 3 is 2.12 bits per heavy atom. The van der Waals surface area contributed by atoms with E-state index in [4.69, 9.17) is 0 Å². The van der Waals surface area contributed by atoms with Crippen LogP contribution in [0.25, 0.3) is 12.2 Å². The number of carboxylic acids is 1. The van der Waals surface area contributed by atoms with Crippen molar-refractivity contribution in [2.75, 3.05) is 19.0 Å². The normalized spacial score (nSPS) is 12.1. The first-order valence-corrected chi connectivity index (χ1v) is 7.90. The SMILES string of the molecule is C=C(O)C(CC(=O)[O-])[n+]1ccc(/C=C/c2ccc(N(C)C)cc2)cc1. The van der Waals surface area contributed by atoms with Crippen LogP contribution in [-0.2, 0) is 4.79 Å². The molecule has 1 aromatic heterocycles. The highest BCUT2D eigenvalue weighted by Crippen LogP contribution is 2.15. The molecule has 0 amide bonds. The lowest BCUT2D eigenvalue weighted by Crippen LogP contribution is -2.43. The molecule has 0 aliphatic rings. The lowest BCUT2D eigenvalue weighted by atomic mass is 10.1. The van der Waals surface area contributed by atoms with Crippen LogP contribution < -0.4 is 14.6 Å². The Hall–Kier alpha value is -3.08. The molecule has 25 heavy (non-hydrogen) atoms. The number of aliphatic hydroxyl groups excluding tert-OH is 1. The molecule has 0 spiro atoms. The number of nitrogens with zero attached hydrogens (tertiary/aromatic N) is 2. The smallest absolute Gasteiger partial charge is 0.219 e. The molecule has 1 atom stereocenters. The molecule has 0 saturated heterocycles. The molecule has 1 unspecified atom stereocenters. The maximum Gasteiger partial charge on any atom is 0.219 e. The Bertz CT molecular complexity index is 763. The number of carbonyl (C=O) groups is 1. The Balaban J connectivity index is 2.11. The van der Waals surface area contributed by atoms with Gasteiger partial charge in [0.25, 0.3) is 0 Å². The molecule has 2 rings (SSSR count). The maximum absolute atomic E-state index is 10.8. The van der Waals surface area contributed by atoms with Crippen LogP contribution in [0.2, 0.25) is 0 Å². The standard InChI is InChI=1S/C20H22N2O3/c1-15(23)19(14-20(24)25)22-12-10-17(11-13-22)5-4-16-6-8-18(9-7-16)21(2)3/h4-13,19H,1,14H2,2-3H3,(H-,23,24,25). The van der Waals surface area contributed by atoms with Crippen molar-refractivity contribution in [2.45, 2.75) is 12.5 Å². The fraction of sp³-hybridized carbons (Fsp3) is 0.200. The number of aliphatic carboxylic acids is 1. The van der Waals surface area contributed by atoms with Gasteiger partial charge in [0, 0.05) is 37.9 Å². The molecule has 0 saturated carbocycles. The highest BCUT2D eigenvalue weighted by Gasteiger charge is 2.21. The summed E-state index contributed by atoms with van der Waals surface area (Å²) in [6.07, 6.45) is 7.07. The summed E-state index contributed by atoms with van der Waals surface area (Å²) in [5.74, 6) is -1.45. The topological polar surface area (TPSA) is 67.5 Å². The van der Waals surface area contributed by atoms with E-state index >= 15 is 0 Å². The van der Waals surface area contributed by atoms with Crippen LogP contribution in [0.5, 0.6) is 0 Å². The maximum atomic E-state index is 10.8. The third-order valence-corrected chi connectivity index (χ3v) is 3.86. The van der Waals surface area contributed by atoms with Crippen molar-refractivity contribution in [2.24, 2.45) is 0 Å². The second-order valence-electron chi connectivity index (χ2n) is 5.98. The average molecular weight is 338 g/mol. The number of benzene rings is 1. The zero-order chi connectivity index (χ0) is 18.4. The minimum absolute atomic E-state index is 0.210. The number of carboxylic acid groups (broad SMARTS) is 1. The lowest BCUT2D eigenvalue weighted by molar-refractivity contribution is -0.717. The monoisotopic (exact) mass is 338 g/mol. The van der Waals surface area contributed by atoms with E-state index in [1.807, 2.05) is 55.4 Å². The van der Waals surface area contributed by atoms with Gasteiger partial charge < -0.3 is 19.9 Å². The Kier molecular flexibility index (Phi) is 5.95. The van der Waals surface area contributed by atoms with Gasteiger partial charge in [0.2, 0.25) is 6.04 Å². The van der Waals surface area contributed by atoms with Gasteiger partial charge in [0.05, 0.1) is 6.42 Å². The van der Waals surface area contributed by atoms with E-state index in [2.05, 4.69) is 18.7 Å². The number of carbonyl (C=O) groups excluding carboxylic acids is 1. The fourth-order valence-electron chi connectivity index (χ4n) is 2.40. The third kappa shape index (κ3) is 5.21. The van der Waals surface area contributed by atoms with Gasteiger partial charge in [0.1, 0.15) is 0 Å². The number of anilines is 1. The molecular weight excluding hydrogens is 316 g/mol. The number of hydrogen-bond donors (Lipinski definition) is 1. The molecule has 1 N–H and O–H groups in total. The number of aromatic nitrogens is 1. The largest absolute Gasteiger partial charge is 0.550 e. The highest BCUT2D eigenvalue weighted by atomic mass is 16.4. The van der Waals surface area contributed by atoms with Crippen molar-refractivity contribution in [3.8, 4) is 0 Å². The first kappa shape index (κ1) is 18.3. The first-order valence-electron chi connectivity index (χ1n) is 7.90. The van der Waals surface area contributed by atoms with E-state index in [1.165, 1.54) is 0 Å². The predicted molar refractivity (Wildman–Crippen MR) is 96.8 cm³/mol. The van der Waals surface area contributed by atoms with Crippen molar-refractivity contribution < 1.29 is 19.6 Å². The summed E-state index contributed by atoms with van der Waals surface area (Å²) < 4.78 is 1.60. The molecule has 2 aromatic rings. The zero-order valence-corrected chi connectivity index (χ0v) is 14.4. The number of pyridine rings is 1. The van der Waals surface area contributed by atoms with Crippen molar-refractivity contribution in [3.05, 3.63) is 72.3 Å². The van der Waals surface area contributed by atoms with Gasteiger partial charge in [0.15, 0.2) is 18.2 Å². The summed E-state index contributed by atoms with van der Waals surface area (Å²) in [7, 11) is 4.00. The van der Waals surface area contributed by atoms with Gasteiger partial charge >= 0.3 is 0 Å². The Morgan fingerprint density at radius 1 is 1.16 bits per heavy atom. The van der Waals surface area contributed by atoms with Crippen LogP contribution in [0.4, 0.5) is 5.69 Å². The van der Waals surface area contributed by atoms with Gasteiger partial charge in [-0.05, 0) is 23.3 Å². The van der Waals surface area contributed by atoms with Crippen molar-refractivity contribution in [1.82, 2.24) is 0 Å². The molecular formula is C20H22N2O3. The molecule has 0 aliphatic heterocycles. The van der Waals surface area contributed by atoms with Crippen LogP contribution in [-0.4, -0.2) is 25.2 Å². The Morgan fingerprint density at radius 2 is 1.68 bits per heavy atom. The average Bonchev–Trinajstić information content (AvgIpc) is 2.58. The summed E-state index contributed by atoms with van der Waals surface area (Å²) in [6, 6.07) is 11.1. The summed E-state index contributed by atoms with van der Waals surface area (Å²) >= 11 is 0. The molecule has 0 fully saturated rings. The first-order chi connectivity index (χ1) is 11.9. The fourth-order valence-corrected chi connectivity index (χ4v) is 2.40. The van der Waals surface area contributed by atoms with E-state index in [-0.39, 0.29) is 12.2 Å². The summed E-state index contributed by atoms with van der Waals surface area (Å²) in [5.41, 5.74) is 3.19. The van der Waals surface area contributed by atoms with E-state index < -0.39 is 12.0 Å². The van der Waals surface area contributed by atoms with Crippen LogP contribution in [0.15, 0.2) is 61.1 Å². The van der Waals surface area contributed by atoms with Gasteiger partial charge in [-0.15, -0.1) is 0 Å². The quantitative estimate of drug-likeness (QED) is 0.619. The summed E-state index contributed by atoms with van der Waals surface area (Å²) in [6.45, 7) is 3.43. The van der Waals surface area contributed by atoms with Gasteiger partial charge in [-0.2, -0.15) is 4.57 Å². The van der Waals surface area contributed by atoms with E-state index in [1.54, 1.807) is 17.0 Å². The minimum atomic E-state index is -1.24.